The molecule has 1 aromatic carbocycles. The standard InChI is InChI=1S/C15H22N2O/c1-5-8(2)13(16)11-6-9(3)14-12(7-11)10(4)15(18)17-14/h6-8,10,13H,5,16H2,1-4H3,(H,17,18). The monoisotopic (exact) mass is 246 g/mol. The lowest BCUT2D eigenvalue weighted by atomic mass is 9.89. The van der Waals surface area contributed by atoms with Crippen molar-refractivity contribution in [2.24, 2.45) is 11.7 Å². The topological polar surface area (TPSA) is 55.1 Å². The van der Waals surface area contributed by atoms with E-state index < -0.39 is 0 Å². The molecule has 0 saturated carbocycles. The van der Waals surface area contributed by atoms with E-state index in [0.29, 0.717) is 5.92 Å². The fraction of sp³-hybridized carbons (Fsp3) is 0.533. The van der Waals surface area contributed by atoms with E-state index in [1.54, 1.807) is 0 Å². The molecule has 0 fully saturated rings. The Hall–Kier alpha value is -1.35. The van der Waals surface area contributed by atoms with Gasteiger partial charge in [0.25, 0.3) is 0 Å². The number of nitrogens with one attached hydrogen (secondary N) is 1. The Labute approximate surface area is 109 Å². The number of hydrogen-bond donors (Lipinski definition) is 2. The van der Waals surface area contributed by atoms with Crippen LogP contribution in [0.1, 0.15) is 55.8 Å². The molecule has 0 saturated heterocycles. The van der Waals surface area contributed by atoms with Crippen molar-refractivity contribution in [3.8, 4) is 0 Å². The number of aryl methyl sites for hydroxylation is 1. The number of amides is 1. The molecule has 1 heterocycles. The number of benzene rings is 1. The zero-order chi connectivity index (χ0) is 13.4. The molecule has 1 amide bonds. The summed E-state index contributed by atoms with van der Waals surface area (Å²) in [5.41, 5.74) is 10.6. The van der Waals surface area contributed by atoms with E-state index in [1.165, 1.54) is 0 Å². The van der Waals surface area contributed by atoms with Crippen LogP contribution in [0.2, 0.25) is 0 Å². The molecule has 18 heavy (non-hydrogen) atoms. The molecule has 3 unspecified atom stereocenters. The Bertz CT molecular complexity index is 482. The molecule has 1 aliphatic heterocycles. The van der Waals surface area contributed by atoms with Crippen LogP contribution in [0, 0.1) is 12.8 Å². The Morgan fingerprint density at radius 3 is 2.72 bits per heavy atom. The molecule has 0 aromatic heterocycles. The van der Waals surface area contributed by atoms with E-state index in [2.05, 4.69) is 31.3 Å². The summed E-state index contributed by atoms with van der Waals surface area (Å²) >= 11 is 0. The molecule has 2 rings (SSSR count). The van der Waals surface area contributed by atoms with E-state index in [-0.39, 0.29) is 17.9 Å². The van der Waals surface area contributed by atoms with Crippen molar-refractivity contribution < 1.29 is 4.79 Å². The molecule has 98 valence electrons. The number of anilines is 1. The van der Waals surface area contributed by atoms with Crippen molar-refractivity contribution in [1.82, 2.24) is 0 Å². The third-order valence-electron chi connectivity index (χ3n) is 4.14. The van der Waals surface area contributed by atoms with Gasteiger partial charge >= 0.3 is 0 Å². The Balaban J connectivity index is 2.43. The zero-order valence-electron chi connectivity index (χ0n) is 11.6. The summed E-state index contributed by atoms with van der Waals surface area (Å²) in [4.78, 5) is 11.7. The molecule has 3 nitrogen and oxygen atoms in total. The first-order chi connectivity index (χ1) is 8.45. The van der Waals surface area contributed by atoms with Crippen LogP contribution < -0.4 is 11.1 Å². The largest absolute Gasteiger partial charge is 0.325 e. The van der Waals surface area contributed by atoms with Gasteiger partial charge in [0.15, 0.2) is 0 Å². The maximum atomic E-state index is 11.7. The Morgan fingerprint density at radius 2 is 2.11 bits per heavy atom. The minimum atomic E-state index is -0.0669. The number of fused-ring (bicyclic) bond motifs is 1. The van der Waals surface area contributed by atoms with E-state index in [0.717, 1.165) is 28.8 Å². The summed E-state index contributed by atoms with van der Waals surface area (Å²) < 4.78 is 0. The first-order valence-corrected chi connectivity index (χ1v) is 6.66. The predicted molar refractivity (Wildman–Crippen MR) is 74.6 cm³/mol. The van der Waals surface area contributed by atoms with Crippen LogP contribution in [0.5, 0.6) is 0 Å². The summed E-state index contributed by atoms with van der Waals surface area (Å²) in [7, 11) is 0. The van der Waals surface area contributed by atoms with Crippen molar-refractivity contribution in [2.75, 3.05) is 5.32 Å². The molecule has 0 aliphatic carbocycles. The van der Waals surface area contributed by atoms with Gasteiger partial charge in [-0.1, -0.05) is 32.4 Å². The maximum absolute atomic E-state index is 11.7. The van der Waals surface area contributed by atoms with Gasteiger partial charge < -0.3 is 11.1 Å². The summed E-state index contributed by atoms with van der Waals surface area (Å²) in [5, 5.41) is 2.95. The van der Waals surface area contributed by atoms with Crippen molar-refractivity contribution in [3.63, 3.8) is 0 Å². The van der Waals surface area contributed by atoms with E-state index >= 15 is 0 Å². The predicted octanol–water partition coefficient (Wildman–Crippen LogP) is 3.10. The lowest BCUT2D eigenvalue weighted by molar-refractivity contribution is -0.116. The lowest BCUT2D eigenvalue weighted by Crippen LogP contribution is -2.19. The van der Waals surface area contributed by atoms with Gasteiger partial charge in [0.05, 0.1) is 5.92 Å². The highest BCUT2D eigenvalue weighted by molar-refractivity contribution is 6.03. The quantitative estimate of drug-likeness (QED) is 0.861. The van der Waals surface area contributed by atoms with Crippen LogP contribution in [0.25, 0.3) is 0 Å². The first-order valence-electron chi connectivity index (χ1n) is 6.66. The van der Waals surface area contributed by atoms with Crippen LogP contribution in [0.15, 0.2) is 12.1 Å². The van der Waals surface area contributed by atoms with Crippen LogP contribution in [-0.2, 0) is 4.79 Å². The molecule has 3 atom stereocenters. The fourth-order valence-corrected chi connectivity index (χ4v) is 2.50. The average Bonchev–Trinajstić information content (AvgIpc) is 2.65. The maximum Gasteiger partial charge on any atom is 0.231 e. The lowest BCUT2D eigenvalue weighted by Gasteiger charge is -2.20. The van der Waals surface area contributed by atoms with Gasteiger partial charge in [-0.15, -0.1) is 0 Å². The molecule has 3 N–H and O–H groups in total. The number of rotatable bonds is 3. The summed E-state index contributed by atoms with van der Waals surface area (Å²) in [6, 6.07) is 4.25. The van der Waals surface area contributed by atoms with Crippen molar-refractivity contribution in [3.05, 3.63) is 28.8 Å². The van der Waals surface area contributed by atoms with E-state index in [1.807, 2.05) is 13.8 Å². The van der Waals surface area contributed by atoms with E-state index in [4.69, 9.17) is 5.73 Å². The van der Waals surface area contributed by atoms with Crippen molar-refractivity contribution in [1.29, 1.82) is 0 Å². The van der Waals surface area contributed by atoms with Crippen LogP contribution in [0.4, 0.5) is 5.69 Å². The first kappa shape index (κ1) is 13.1. The summed E-state index contributed by atoms with van der Waals surface area (Å²) in [5.74, 6) is 0.466. The van der Waals surface area contributed by atoms with Crippen LogP contribution in [0.3, 0.4) is 0 Å². The van der Waals surface area contributed by atoms with Gasteiger partial charge in [0.2, 0.25) is 5.91 Å². The SMILES string of the molecule is CCC(C)C(N)c1cc(C)c2c(c1)C(C)C(=O)N2. The fourth-order valence-electron chi connectivity index (χ4n) is 2.50. The average molecular weight is 246 g/mol. The molecule has 0 bridgehead atoms. The number of carbonyl (C=O) groups is 1. The zero-order valence-corrected chi connectivity index (χ0v) is 11.6. The minimum Gasteiger partial charge on any atom is -0.325 e. The van der Waals surface area contributed by atoms with Crippen molar-refractivity contribution >= 4 is 11.6 Å². The highest BCUT2D eigenvalue weighted by atomic mass is 16.2. The van der Waals surface area contributed by atoms with Crippen LogP contribution >= 0.6 is 0 Å². The summed E-state index contributed by atoms with van der Waals surface area (Å²) in [6.45, 7) is 8.29. The second kappa shape index (κ2) is 4.73. The normalized spacial score (nSPS) is 21.4. The molecular formula is C15H22N2O. The third-order valence-corrected chi connectivity index (χ3v) is 4.14. The number of hydrogen-bond acceptors (Lipinski definition) is 2. The van der Waals surface area contributed by atoms with Gasteiger partial charge in [0.1, 0.15) is 0 Å². The number of carbonyl (C=O) groups excluding carboxylic acids is 1. The Morgan fingerprint density at radius 1 is 1.44 bits per heavy atom. The molecule has 1 aromatic rings. The molecule has 3 heteroatoms. The van der Waals surface area contributed by atoms with Gasteiger partial charge in [0, 0.05) is 11.7 Å². The van der Waals surface area contributed by atoms with E-state index in [9.17, 15) is 4.79 Å². The molecule has 0 spiro atoms. The van der Waals surface area contributed by atoms with Gasteiger partial charge in [-0.25, -0.2) is 0 Å². The van der Waals surface area contributed by atoms with Gasteiger partial charge in [-0.2, -0.15) is 0 Å². The second-order valence-corrected chi connectivity index (χ2v) is 5.42. The van der Waals surface area contributed by atoms with Crippen LogP contribution in [-0.4, -0.2) is 5.91 Å². The Kier molecular flexibility index (Phi) is 3.44. The smallest absolute Gasteiger partial charge is 0.231 e. The third kappa shape index (κ3) is 2.03. The van der Waals surface area contributed by atoms with Crippen molar-refractivity contribution in [2.45, 2.75) is 46.1 Å². The minimum absolute atomic E-state index is 0.0434. The molecule has 0 radical (unpaired) electrons. The van der Waals surface area contributed by atoms with Gasteiger partial charge in [-0.05, 0) is 36.5 Å². The summed E-state index contributed by atoms with van der Waals surface area (Å²) in [6.07, 6.45) is 1.06. The highest BCUT2D eigenvalue weighted by Crippen LogP contribution is 2.37. The number of nitrogens with two attached hydrogens (primary N) is 1. The second-order valence-electron chi connectivity index (χ2n) is 5.42. The van der Waals surface area contributed by atoms with Gasteiger partial charge in [-0.3, -0.25) is 4.79 Å². The highest BCUT2D eigenvalue weighted by Gasteiger charge is 2.29. The molecule has 1 aliphatic rings. The molecular weight excluding hydrogens is 224 g/mol.